The van der Waals surface area contributed by atoms with Gasteiger partial charge in [0.1, 0.15) is 0 Å². The number of carbonyl (C=O) groups excluding carboxylic acids is 1. The van der Waals surface area contributed by atoms with E-state index in [0.717, 1.165) is 32.1 Å². The number of carbonyl (C=O) groups is 1. The molecule has 2 aliphatic rings. The van der Waals surface area contributed by atoms with Crippen molar-refractivity contribution in [3.8, 4) is 0 Å². The van der Waals surface area contributed by atoms with Crippen LogP contribution in [0.5, 0.6) is 0 Å². The Balaban J connectivity index is 1.65. The molecule has 104 valence electrons. The fourth-order valence-electron chi connectivity index (χ4n) is 3.26. The van der Waals surface area contributed by atoms with Gasteiger partial charge in [0.05, 0.1) is 6.10 Å². The zero-order valence-corrected chi connectivity index (χ0v) is 11.3. The van der Waals surface area contributed by atoms with Crippen LogP contribution in [0.4, 0.5) is 4.79 Å². The van der Waals surface area contributed by atoms with Crippen molar-refractivity contribution in [2.24, 2.45) is 11.8 Å². The normalized spacial score (nSPS) is 36.3. The summed E-state index contributed by atoms with van der Waals surface area (Å²) in [5.41, 5.74) is 0. The molecule has 2 fully saturated rings. The van der Waals surface area contributed by atoms with Crippen molar-refractivity contribution in [2.45, 2.75) is 64.0 Å². The Kier molecular flexibility index (Phi) is 4.87. The van der Waals surface area contributed by atoms with Crippen LogP contribution in [0.3, 0.4) is 0 Å². The molecule has 0 aromatic rings. The Morgan fingerprint density at radius 3 is 2.67 bits per heavy atom. The molecule has 0 aromatic carbocycles. The van der Waals surface area contributed by atoms with Gasteiger partial charge in [0.15, 0.2) is 0 Å². The predicted octanol–water partition coefficient (Wildman–Crippen LogP) is 2.03. The van der Waals surface area contributed by atoms with Crippen LogP contribution in [0.25, 0.3) is 0 Å². The van der Waals surface area contributed by atoms with Gasteiger partial charge in [-0.1, -0.05) is 19.8 Å². The molecule has 2 saturated carbocycles. The Labute approximate surface area is 110 Å². The molecule has 2 amide bonds. The number of nitrogens with one attached hydrogen (secondary N) is 2. The number of hydrogen-bond acceptors (Lipinski definition) is 2. The van der Waals surface area contributed by atoms with Gasteiger partial charge in [-0.3, -0.25) is 0 Å². The lowest BCUT2D eigenvalue weighted by Gasteiger charge is -2.26. The minimum Gasteiger partial charge on any atom is -0.393 e. The Morgan fingerprint density at radius 2 is 2.00 bits per heavy atom. The maximum atomic E-state index is 11.8. The van der Waals surface area contributed by atoms with Crippen molar-refractivity contribution < 1.29 is 9.90 Å². The molecule has 4 nitrogen and oxygen atoms in total. The predicted molar refractivity (Wildman–Crippen MR) is 71.3 cm³/mol. The molecule has 0 saturated heterocycles. The Hall–Kier alpha value is -0.770. The van der Waals surface area contributed by atoms with Gasteiger partial charge in [0.2, 0.25) is 0 Å². The van der Waals surface area contributed by atoms with E-state index in [4.69, 9.17) is 0 Å². The fraction of sp³-hybridized carbons (Fsp3) is 0.929. The van der Waals surface area contributed by atoms with Gasteiger partial charge in [-0.15, -0.1) is 0 Å². The molecule has 0 spiro atoms. The second kappa shape index (κ2) is 6.41. The third-order valence-corrected chi connectivity index (χ3v) is 4.48. The molecule has 0 aromatic heterocycles. The van der Waals surface area contributed by atoms with Gasteiger partial charge in [0, 0.05) is 12.6 Å². The van der Waals surface area contributed by atoms with Crippen LogP contribution in [0.1, 0.15) is 51.9 Å². The molecular weight excluding hydrogens is 228 g/mol. The summed E-state index contributed by atoms with van der Waals surface area (Å²) in [6.07, 6.45) is 7.34. The van der Waals surface area contributed by atoms with Gasteiger partial charge in [0.25, 0.3) is 0 Å². The molecule has 0 bridgehead atoms. The standard InChI is InChI=1S/C14H26N2O2/c1-10-4-2-7-13(10)16-14(18)15-9-11-5-3-6-12(17)8-11/h10-13,17H,2-9H2,1H3,(H2,15,16,18). The molecule has 0 radical (unpaired) electrons. The van der Waals surface area contributed by atoms with E-state index in [1.165, 1.54) is 12.8 Å². The average molecular weight is 254 g/mol. The molecule has 2 aliphatic carbocycles. The average Bonchev–Trinajstić information content (AvgIpc) is 2.73. The first-order valence-corrected chi connectivity index (χ1v) is 7.37. The van der Waals surface area contributed by atoms with Crippen LogP contribution < -0.4 is 10.6 Å². The number of aliphatic hydroxyl groups excluding tert-OH is 1. The second-order valence-electron chi connectivity index (χ2n) is 6.06. The largest absolute Gasteiger partial charge is 0.393 e. The lowest BCUT2D eigenvalue weighted by atomic mass is 9.87. The molecule has 18 heavy (non-hydrogen) atoms. The maximum Gasteiger partial charge on any atom is 0.315 e. The second-order valence-corrected chi connectivity index (χ2v) is 6.06. The zero-order chi connectivity index (χ0) is 13.0. The van der Waals surface area contributed by atoms with E-state index in [9.17, 15) is 9.90 Å². The van der Waals surface area contributed by atoms with Crippen LogP contribution in [0, 0.1) is 11.8 Å². The maximum absolute atomic E-state index is 11.8. The first-order chi connectivity index (χ1) is 8.65. The minimum atomic E-state index is -0.163. The van der Waals surface area contributed by atoms with Crippen molar-refractivity contribution >= 4 is 6.03 Å². The van der Waals surface area contributed by atoms with Crippen molar-refractivity contribution in [2.75, 3.05) is 6.54 Å². The summed E-state index contributed by atoms with van der Waals surface area (Å²) in [5, 5.41) is 15.6. The number of rotatable bonds is 3. The highest BCUT2D eigenvalue weighted by Crippen LogP contribution is 2.25. The van der Waals surface area contributed by atoms with Crippen molar-refractivity contribution in [1.82, 2.24) is 10.6 Å². The quantitative estimate of drug-likeness (QED) is 0.721. The summed E-state index contributed by atoms with van der Waals surface area (Å²) in [7, 11) is 0. The highest BCUT2D eigenvalue weighted by Gasteiger charge is 2.25. The van der Waals surface area contributed by atoms with E-state index in [0.29, 0.717) is 24.4 Å². The van der Waals surface area contributed by atoms with E-state index in [1.54, 1.807) is 0 Å². The monoisotopic (exact) mass is 254 g/mol. The molecular formula is C14H26N2O2. The van der Waals surface area contributed by atoms with E-state index in [1.807, 2.05) is 0 Å². The summed E-state index contributed by atoms with van der Waals surface area (Å²) < 4.78 is 0. The summed E-state index contributed by atoms with van der Waals surface area (Å²) in [5.74, 6) is 1.05. The highest BCUT2D eigenvalue weighted by atomic mass is 16.3. The number of hydrogen-bond donors (Lipinski definition) is 3. The van der Waals surface area contributed by atoms with Crippen LogP contribution >= 0.6 is 0 Å². The van der Waals surface area contributed by atoms with Crippen LogP contribution in [-0.4, -0.2) is 29.8 Å². The number of aliphatic hydroxyl groups is 1. The molecule has 0 heterocycles. The zero-order valence-electron chi connectivity index (χ0n) is 11.3. The molecule has 0 aliphatic heterocycles. The van der Waals surface area contributed by atoms with Crippen LogP contribution in [0.2, 0.25) is 0 Å². The van der Waals surface area contributed by atoms with Gasteiger partial charge in [-0.05, 0) is 43.9 Å². The van der Waals surface area contributed by atoms with Gasteiger partial charge >= 0.3 is 6.03 Å². The van der Waals surface area contributed by atoms with E-state index in [2.05, 4.69) is 17.6 Å². The highest BCUT2D eigenvalue weighted by molar-refractivity contribution is 5.74. The first-order valence-electron chi connectivity index (χ1n) is 7.37. The van der Waals surface area contributed by atoms with E-state index in [-0.39, 0.29) is 12.1 Å². The Morgan fingerprint density at radius 1 is 1.22 bits per heavy atom. The number of urea groups is 1. The molecule has 2 rings (SSSR count). The lowest BCUT2D eigenvalue weighted by molar-refractivity contribution is 0.101. The van der Waals surface area contributed by atoms with Crippen LogP contribution in [-0.2, 0) is 0 Å². The van der Waals surface area contributed by atoms with Crippen LogP contribution in [0.15, 0.2) is 0 Å². The summed E-state index contributed by atoms with van der Waals surface area (Å²) in [4.78, 5) is 11.8. The fourth-order valence-corrected chi connectivity index (χ4v) is 3.26. The van der Waals surface area contributed by atoms with Crippen molar-refractivity contribution in [3.05, 3.63) is 0 Å². The first kappa shape index (κ1) is 13.7. The van der Waals surface area contributed by atoms with E-state index >= 15 is 0 Å². The van der Waals surface area contributed by atoms with Crippen molar-refractivity contribution in [3.63, 3.8) is 0 Å². The summed E-state index contributed by atoms with van der Waals surface area (Å²) >= 11 is 0. The molecule has 4 heteroatoms. The smallest absolute Gasteiger partial charge is 0.315 e. The van der Waals surface area contributed by atoms with E-state index < -0.39 is 0 Å². The third kappa shape index (κ3) is 3.87. The molecule has 4 unspecified atom stereocenters. The number of amides is 2. The van der Waals surface area contributed by atoms with Gasteiger partial charge in [-0.2, -0.15) is 0 Å². The minimum absolute atomic E-state index is 0.0335. The molecule has 3 N–H and O–H groups in total. The lowest BCUT2D eigenvalue weighted by Crippen LogP contribution is -2.45. The topological polar surface area (TPSA) is 61.4 Å². The van der Waals surface area contributed by atoms with Crippen molar-refractivity contribution in [1.29, 1.82) is 0 Å². The van der Waals surface area contributed by atoms with Gasteiger partial charge in [-0.25, -0.2) is 4.79 Å². The summed E-state index contributed by atoms with van der Waals surface area (Å²) in [6.45, 7) is 2.90. The SMILES string of the molecule is CC1CCCC1NC(=O)NCC1CCCC(O)C1. The third-order valence-electron chi connectivity index (χ3n) is 4.48. The Bertz CT molecular complexity index is 283. The molecule has 4 atom stereocenters. The van der Waals surface area contributed by atoms with Gasteiger partial charge < -0.3 is 15.7 Å². The summed E-state index contributed by atoms with van der Waals surface area (Å²) in [6, 6.07) is 0.316.